The third kappa shape index (κ3) is 2.40. The van der Waals surface area contributed by atoms with Crippen LogP contribution >= 0.6 is 0 Å². The van der Waals surface area contributed by atoms with Gasteiger partial charge in [0.25, 0.3) is 5.56 Å². The van der Waals surface area contributed by atoms with Crippen molar-refractivity contribution in [1.82, 2.24) is 9.55 Å². The van der Waals surface area contributed by atoms with Crippen LogP contribution < -0.4 is 11.2 Å². The molecule has 100 valence electrons. The van der Waals surface area contributed by atoms with E-state index in [1.807, 2.05) is 4.98 Å². The van der Waals surface area contributed by atoms with Gasteiger partial charge in [0, 0.05) is 5.56 Å². The third-order valence-electron chi connectivity index (χ3n) is 2.73. The van der Waals surface area contributed by atoms with Crippen LogP contribution in [0.5, 0.6) is 5.88 Å². The molecule has 2 N–H and O–H groups in total. The molecule has 1 aromatic heterocycles. The fourth-order valence-electron chi connectivity index (χ4n) is 1.64. The van der Waals surface area contributed by atoms with E-state index in [-0.39, 0.29) is 17.7 Å². The van der Waals surface area contributed by atoms with E-state index in [0.29, 0.717) is 0 Å². The first kappa shape index (κ1) is 13.0. The molecule has 2 aromatic rings. The van der Waals surface area contributed by atoms with Crippen molar-refractivity contribution >= 4 is 0 Å². The van der Waals surface area contributed by atoms with Gasteiger partial charge in [-0.25, -0.2) is 13.6 Å². The molecule has 5 nitrogen and oxygen atoms in total. The number of halogens is 2. The highest BCUT2D eigenvalue weighted by molar-refractivity contribution is 5.24. The van der Waals surface area contributed by atoms with E-state index in [2.05, 4.69) is 0 Å². The monoisotopic (exact) mass is 268 g/mol. The van der Waals surface area contributed by atoms with Crippen LogP contribution in [0.15, 0.2) is 27.8 Å². The molecule has 19 heavy (non-hydrogen) atoms. The lowest BCUT2D eigenvalue weighted by Gasteiger charge is -2.10. The van der Waals surface area contributed by atoms with Crippen molar-refractivity contribution in [3.63, 3.8) is 0 Å². The first-order chi connectivity index (χ1) is 8.90. The predicted octanol–water partition coefficient (Wildman–Crippen LogP) is 0.877. The van der Waals surface area contributed by atoms with E-state index in [1.54, 1.807) is 0 Å². The summed E-state index contributed by atoms with van der Waals surface area (Å²) in [5.74, 6) is -1.95. The van der Waals surface area contributed by atoms with Crippen molar-refractivity contribution in [2.75, 3.05) is 0 Å². The Morgan fingerprint density at radius 1 is 1.32 bits per heavy atom. The number of hydrogen-bond acceptors (Lipinski definition) is 3. The maximum absolute atomic E-state index is 13.5. The van der Waals surface area contributed by atoms with Crippen molar-refractivity contribution in [2.45, 2.75) is 13.5 Å². The molecule has 0 radical (unpaired) electrons. The molecule has 0 atom stereocenters. The fourth-order valence-corrected chi connectivity index (χ4v) is 1.64. The van der Waals surface area contributed by atoms with Gasteiger partial charge in [-0.05, 0) is 25.1 Å². The Bertz CT molecular complexity index is 750. The standard InChI is InChI=1S/C12H10F2N2O3/c1-6-10(17)15-12(19)16(11(6)18)5-7-4-8(13)2-3-9(7)14/h2-4,18H,5H2,1H3,(H,15,17,19). The average Bonchev–Trinajstić information content (AvgIpc) is 2.36. The van der Waals surface area contributed by atoms with Gasteiger partial charge in [0.05, 0.1) is 12.1 Å². The van der Waals surface area contributed by atoms with E-state index >= 15 is 0 Å². The molecular weight excluding hydrogens is 258 g/mol. The summed E-state index contributed by atoms with van der Waals surface area (Å²) >= 11 is 0. The lowest BCUT2D eigenvalue weighted by Crippen LogP contribution is -2.31. The number of benzene rings is 1. The zero-order chi connectivity index (χ0) is 14.2. The fraction of sp³-hybridized carbons (Fsp3) is 0.167. The molecular formula is C12H10F2N2O3. The summed E-state index contributed by atoms with van der Waals surface area (Å²) in [6.45, 7) is 0.928. The maximum Gasteiger partial charge on any atom is 0.331 e. The van der Waals surface area contributed by atoms with Gasteiger partial charge < -0.3 is 5.11 Å². The summed E-state index contributed by atoms with van der Waals surface area (Å²) in [7, 11) is 0. The molecule has 2 rings (SSSR count). The molecule has 1 heterocycles. The topological polar surface area (TPSA) is 75.1 Å². The van der Waals surface area contributed by atoms with Crippen LogP contribution in [0.2, 0.25) is 0 Å². The highest BCUT2D eigenvalue weighted by Crippen LogP contribution is 2.14. The minimum atomic E-state index is -0.892. The van der Waals surface area contributed by atoms with Crippen LogP contribution in [-0.2, 0) is 6.54 Å². The smallest absolute Gasteiger partial charge is 0.331 e. The quantitative estimate of drug-likeness (QED) is 0.849. The molecule has 0 amide bonds. The molecule has 0 aliphatic heterocycles. The third-order valence-corrected chi connectivity index (χ3v) is 2.73. The second-order valence-corrected chi connectivity index (χ2v) is 4.03. The molecule has 0 bridgehead atoms. The number of rotatable bonds is 2. The predicted molar refractivity (Wildman–Crippen MR) is 63.2 cm³/mol. The van der Waals surface area contributed by atoms with E-state index in [0.717, 1.165) is 22.8 Å². The molecule has 0 saturated heterocycles. The summed E-state index contributed by atoms with van der Waals surface area (Å²) < 4.78 is 27.2. The number of nitrogens with one attached hydrogen (secondary N) is 1. The number of aromatic amines is 1. The summed E-state index contributed by atoms with van der Waals surface area (Å²) in [6.07, 6.45) is 0. The first-order valence-corrected chi connectivity index (χ1v) is 5.36. The zero-order valence-corrected chi connectivity index (χ0v) is 9.91. The molecule has 0 aliphatic rings. The molecule has 1 aromatic carbocycles. The van der Waals surface area contributed by atoms with Gasteiger partial charge >= 0.3 is 5.69 Å². The maximum atomic E-state index is 13.5. The first-order valence-electron chi connectivity index (χ1n) is 5.36. The van der Waals surface area contributed by atoms with Gasteiger partial charge in [-0.2, -0.15) is 0 Å². The SMILES string of the molecule is Cc1c(O)n(Cc2cc(F)ccc2F)c(=O)[nH]c1=O. The second-order valence-electron chi connectivity index (χ2n) is 4.03. The summed E-state index contributed by atoms with van der Waals surface area (Å²) in [5.41, 5.74) is -1.80. The van der Waals surface area contributed by atoms with Crippen molar-refractivity contribution in [3.8, 4) is 5.88 Å². The van der Waals surface area contributed by atoms with Crippen LogP contribution in [0, 0.1) is 18.6 Å². The van der Waals surface area contributed by atoms with Crippen molar-refractivity contribution in [3.05, 3.63) is 61.8 Å². The zero-order valence-electron chi connectivity index (χ0n) is 9.91. The average molecular weight is 268 g/mol. The van der Waals surface area contributed by atoms with Gasteiger partial charge in [0.1, 0.15) is 11.6 Å². The largest absolute Gasteiger partial charge is 0.494 e. The van der Waals surface area contributed by atoms with Crippen LogP contribution in [-0.4, -0.2) is 14.7 Å². The summed E-state index contributed by atoms with van der Waals surface area (Å²) in [5, 5.41) is 9.71. The lowest BCUT2D eigenvalue weighted by atomic mass is 10.2. The van der Waals surface area contributed by atoms with Crippen LogP contribution in [0.3, 0.4) is 0 Å². The van der Waals surface area contributed by atoms with Gasteiger partial charge in [0.15, 0.2) is 0 Å². The number of aromatic nitrogens is 2. The van der Waals surface area contributed by atoms with Gasteiger partial charge in [-0.1, -0.05) is 0 Å². The number of H-pyrrole nitrogens is 1. The Labute approximate surface area is 105 Å². The van der Waals surface area contributed by atoms with Crippen LogP contribution in [0.1, 0.15) is 11.1 Å². The van der Waals surface area contributed by atoms with E-state index in [9.17, 15) is 23.5 Å². The van der Waals surface area contributed by atoms with Crippen molar-refractivity contribution in [1.29, 1.82) is 0 Å². The minimum Gasteiger partial charge on any atom is -0.494 e. The minimum absolute atomic E-state index is 0.0728. The molecule has 7 heteroatoms. The molecule has 0 saturated carbocycles. The molecule has 0 unspecified atom stereocenters. The van der Waals surface area contributed by atoms with Gasteiger partial charge in [0.2, 0.25) is 5.88 Å². The lowest BCUT2D eigenvalue weighted by molar-refractivity contribution is 0.402. The normalized spacial score (nSPS) is 10.7. The summed E-state index contributed by atoms with van der Waals surface area (Å²) in [4.78, 5) is 24.7. The molecule has 0 spiro atoms. The number of nitrogens with zero attached hydrogens (tertiary/aromatic N) is 1. The van der Waals surface area contributed by atoms with Crippen LogP contribution in [0.4, 0.5) is 8.78 Å². The highest BCUT2D eigenvalue weighted by Gasteiger charge is 2.13. The summed E-state index contributed by atoms with van der Waals surface area (Å²) in [6, 6.07) is 2.78. The van der Waals surface area contributed by atoms with Crippen molar-refractivity contribution in [2.24, 2.45) is 0 Å². The van der Waals surface area contributed by atoms with Crippen LogP contribution in [0.25, 0.3) is 0 Å². The van der Waals surface area contributed by atoms with Crippen molar-refractivity contribution < 1.29 is 13.9 Å². The van der Waals surface area contributed by atoms with Gasteiger partial charge in [-0.15, -0.1) is 0 Å². The van der Waals surface area contributed by atoms with E-state index in [1.165, 1.54) is 6.92 Å². The Morgan fingerprint density at radius 3 is 2.68 bits per heavy atom. The second kappa shape index (κ2) is 4.68. The molecule has 0 aliphatic carbocycles. The van der Waals surface area contributed by atoms with Gasteiger partial charge in [-0.3, -0.25) is 14.3 Å². The Morgan fingerprint density at radius 2 is 2.00 bits per heavy atom. The van der Waals surface area contributed by atoms with E-state index in [4.69, 9.17) is 0 Å². The number of hydrogen-bond donors (Lipinski definition) is 2. The Hall–Kier alpha value is -2.44. The Balaban J connectivity index is 2.56. The molecule has 0 fully saturated rings. The number of aromatic hydroxyl groups is 1. The highest BCUT2D eigenvalue weighted by atomic mass is 19.1. The Kier molecular flexibility index (Phi) is 3.20. The van der Waals surface area contributed by atoms with E-state index < -0.39 is 28.8 Å².